The van der Waals surface area contributed by atoms with Gasteiger partial charge in [-0.15, -0.1) is 0 Å². The average molecular weight is 454 g/mol. The highest BCUT2D eigenvalue weighted by Gasteiger charge is 2.07. The van der Waals surface area contributed by atoms with E-state index < -0.39 is 0 Å². The number of nitrogens with one attached hydrogen (secondary N) is 1. The SMILES string of the molecule is COc1c(Br)cc(Br)cc1/C=C/C(=O)Nc1ccc(N(C)C)cc1. The number of hydrogen-bond acceptors (Lipinski definition) is 3. The minimum atomic E-state index is -0.203. The van der Waals surface area contributed by atoms with Gasteiger partial charge in [0.2, 0.25) is 5.91 Å². The fraction of sp³-hybridized carbons (Fsp3) is 0.167. The molecule has 2 rings (SSSR count). The predicted molar refractivity (Wildman–Crippen MR) is 107 cm³/mol. The van der Waals surface area contributed by atoms with Gasteiger partial charge in [-0.1, -0.05) is 15.9 Å². The van der Waals surface area contributed by atoms with Crippen molar-refractivity contribution in [2.45, 2.75) is 0 Å². The van der Waals surface area contributed by atoms with Crippen LogP contribution in [0.5, 0.6) is 5.75 Å². The first-order valence-corrected chi connectivity index (χ1v) is 8.79. The van der Waals surface area contributed by atoms with E-state index in [4.69, 9.17) is 4.74 Å². The van der Waals surface area contributed by atoms with Crippen LogP contribution in [0.1, 0.15) is 5.56 Å². The van der Waals surface area contributed by atoms with Gasteiger partial charge in [-0.05, 0) is 58.4 Å². The summed E-state index contributed by atoms with van der Waals surface area (Å²) < 4.78 is 7.08. The number of halogens is 2. The summed E-state index contributed by atoms with van der Waals surface area (Å²) in [4.78, 5) is 14.1. The molecule has 4 nitrogen and oxygen atoms in total. The second-order valence-corrected chi connectivity index (χ2v) is 7.04. The first-order valence-electron chi connectivity index (χ1n) is 7.20. The maximum absolute atomic E-state index is 12.1. The Morgan fingerprint density at radius 3 is 2.42 bits per heavy atom. The average Bonchev–Trinajstić information content (AvgIpc) is 2.53. The van der Waals surface area contributed by atoms with Crippen molar-refractivity contribution < 1.29 is 9.53 Å². The first-order chi connectivity index (χ1) is 11.4. The number of methoxy groups -OCH3 is 1. The number of hydrogen-bond donors (Lipinski definition) is 1. The molecule has 1 amide bonds. The third-order valence-corrected chi connectivity index (χ3v) is 4.35. The van der Waals surface area contributed by atoms with Crippen LogP contribution < -0.4 is 15.0 Å². The number of anilines is 2. The van der Waals surface area contributed by atoms with Crippen LogP contribution in [0.3, 0.4) is 0 Å². The Balaban J connectivity index is 2.11. The largest absolute Gasteiger partial charge is 0.495 e. The van der Waals surface area contributed by atoms with Gasteiger partial charge in [-0.25, -0.2) is 0 Å². The first kappa shape index (κ1) is 18.5. The molecule has 0 bridgehead atoms. The van der Waals surface area contributed by atoms with Crippen molar-refractivity contribution in [3.05, 3.63) is 57.0 Å². The lowest BCUT2D eigenvalue weighted by Gasteiger charge is -2.12. The van der Waals surface area contributed by atoms with E-state index >= 15 is 0 Å². The summed E-state index contributed by atoms with van der Waals surface area (Å²) in [5.74, 6) is 0.475. The van der Waals surface area contributed by atoms with Crippen molar-refractivity contribution in [2.24, 2.45) is 0 Å². The highest BCUT2D eigenvalue weighted by Crippen LogP contribution is 2.33. The number of benzene rings is 2. The molecule has 0 saturated heterocycles. The van der Waals surface area contributed by atoms with Crippen LogP contribution in [0.2, 0.25) is 0 Å². The van der Waals surface area contributed by atoms with Crippen LogP contribution in [-0.2, 0) is 4.79 Å². The molecule has 0 heterocycles. The molecular formula is C18H18Br2N2O2. The van der Waals surface area contributed by atoms with Gasteiger partial charge >= 0.3 is 0 Å². The molecule has 0 aromatic heterocycles. The third-order valence-electron chi connectivity index (χ3n) is 3.31. The van der Waals surface area contributed by atoms with Gasteiger partial charge < -0.3 is 15.0 Å². The van der Waals surface area contributed by atoms with E-state index in [9.17, 15) is 4.79 Å². The van der Waals surface area contributed by atoms with Crippen molar-refractivity contribution >= 4 is 55.2 Å². The molecule has 1 N–H and O–H groups in total. The Kier molecular flexibility index (Phi) is 6.45. The van der Waals surface area contributed by atoms with Crippen LogP contribution in [0.25, 0.3) is 6.08 Å². The maximum atomic E-state index is 12.1. The molecule has 0 aliphatic carbocycles. The van der Waals surface area contributed by atoms with E-state index in [1.165, 1.54) is 6.08 Å². The monoisotopic (exact) mass is 452 g/mol. The van der Waals surface area contributed by atoms with Crippen LogP contribution in [-0.4, -0.2) is 27.1 Å². The van der Waals surface area contributed by atoms with E-state index in [-0.39, 0.29) is 5.91 Å². The highest BCUT2D eigenvalue weighted by atomic mass is 79.9. The second kappa shape index (κ2) is 8.35. The lowest BCUT2D eigenvalue weighted by Crippen LogP contribution is -2.10. The number of ether oxygens (including phenoxy) is 1. The standard InChI is InChI=1S/C18H18Br2N2O2/c1-22(2)15-7-5-14(6-8-15)21-17(23)9-4-12-10-13(19)11-16(20)18(12)24-3/h4-11H,1-3H3,(H,21,23)/b9-4+. The molecule has 2 aromatic carbocycles. The summed E-state index contributed by atoms with van der Waals surface area (Å²) in [6, 6.07) is 11.4. The summed E-state index contributed by atoms with van der Waals surface area (Å²) in [5, 5.41) is 2.84. The van der Waals surface area contributed by atoms with Crippen LogP contribution in [0.4, 0.5) is 11.4 Å². The zero-order valence-electron chi connectivity index (χ0n) is 13.6. The minimum Gasteiger partial charge on any atom is -0.495 e. The molecule has 0 radical (unpaired) electrons. The molecule has 0 atom stereocenters. The van der Waals surface area contributed by atoms with E-state index in [1.807, 2.05) is 55.4 Å². The quantitative estimate of drug-likeness (QED) is 0.652. The van der Waals surface area contributed by atoms with Gasteiger partial charge in [-0.3, -0.25) is 4.79 Å². The Labute approximate surface area is 158 Å². The summed E-state index contributed by atoms with van der Waals surface area (Å²) >= 11 is 6.88. The zero-order valence-corrected chi connectivity index (χ0v) is 16.8. The van der Waals surface area contributed by atoms with E-state index in [0.717, 1.165) is 25.9 Å². The van der Waals surface area contributed by atoms with Crippen molar-refractivity contribution in [1.29, 1.82) is 0 Å². The normalized spacial score (nSPS) is 10.7. The van der Waals surface area contributed by atoms with Gasteiger partial charge in [0.25, 0.3) is 0 Å². The Bertz CT molecular complexity index is 756. The van der Waals surface area contributed by atoms with Crippen LogP contribution in [0.15, 0.2) is 51.4 Å². The lowest BCUT2D eigenvalue weighted by molar-refractivity contribution is -0.111. The molecular weight excluding hydrogens is 436 g/mol. The number of amides is 1. The number of carbonyl (C=O) groups is 1. The lowest BCUT2D eigenvalue weighted by atomic mass is 10.2. The fourth-order valence-corrected chi connectivity index (χ4v) is 3.53. The van der Waals surface area contributed by atoms with E-state index in [2.05, 4.69) is 37.2 Å². The summed E-state index contributed by atoms with van der Waals surface area (Å²) in [5.41, 5.74) is 2.63. The van der Waals surface area contributed by atoms with Gasteiger partial charge in [0.1, 0.15) is 5.75 Å². The zero-order chi connectivity index (χ0) is 17.7. The highest BCUT2D eigenvalue weighted by molar-refractivity contribution is 9.11. The van der Waals surface area contributed by atoms with Crippen molar-refractivity contribution in [3.63, 3.8) is 0 Å². The smallest absolute Gasteiger partial charge is 0.248 e. The third kappa shape index (κ3) is 4.85. The second-order valence-electron chi connectivity index (χ2n) is 5.27. The summed E-state index contributed by atoms with van der Waals surface area (Å²) in [6.07, 6.45) is 3.20. The topological polar surface area (TPSA) is 41.6 Å². The van der Waals surface area contributed by atoms with Crippen LogP contribution in [0, 0.1) is 0 Å². The molecule has 126 valence electrons. The summed E-state index contributed by atoms with van der Waals surface area (Å²) in [6.45, 7) is 0. The van der Waals surface area contributed by atoms with Crippen molar-refractivity contribution in [3.8, 4) is 5.75 Å². The molecule has 0 aliphatic heterocycles. The van der Waals surface area contributed by atoms with E-state index in [0.29, 0.717) is 5.75 Å². The van der Waals surface area contributed by atoms with Gasteiger partial charge in [0, 0.05) is 41.6 Å². The van der Waals surface area contributed by atoms with Crippen molar-refractivity contribution in [2.75, 3.05) is 31.4 Å². The number of nitrogens with zero attached hydrogens (tertiary/aromatic N) is 1. The van der Waals surface area contributed by atoms with Gasteiger partial charge in [-0.2, -0.15) is 0 Å². The Morgan fingerprint density at radius 2 is 1.83 bits per heavy atom. The number of carbonyl (C=O) groups excluding carboxylic acids is 1. The maximum Gasteiger partial charge on any atom is 0.248 e. The molecule has 6 heteroatoms. The Morgan fingerprint density at radius 1 is 1.17 bits per heavy atom. The summed E-state index contributed by atoms with van der Waals surface area (Å²) in [7, 11) is 5.54. The molecule has 0 spiro atoms. The van der Waals surface area contributed by atoms with Gasteiger partial charge in [0.15, 0.2) is 0 Å². The molecule has 0 saturated carbocycles. The van der Waals surface area contributed by atoms with Gasteiger partial charge in [0.05, 0.1) is 11.6 Å². The minimum absolute atomic E-state index is 0.203. The molecule has 0 aliphatic rings. The van der Waals surface area contributed by atoms with Crippen molar-refractivity contribution in [1.82, 2.24) is 0 Å². The predicted octanol–water partition coefficient (Wildman–Crippen LogP) is 4.94. The molecule has 0 fully saturated rings. The fourth-order valence-electron chi connectivity index (χ4n) is 2.11. The molecule has 2 aromatic rings. The molecule has 24 heavy (non-hydrogen) atoms. The van der Waals surface area contributed by atoms with Crippen LogP contribution >= 0.6 is 31.9 Å². The number of rotatable bonds is 5. The Hall–Kier alpha value is -1.79. The van der Waals surface area contributed by atoms with E-state index in [1.54, 1.807) is 13.2 Å². The molecule has 0 unspecified atom stereocenters.